The smallest absolute Gasteiger partial charge is 0.323 e. The Kier molecular flexibility index (Phi) is 4.73. The van der Waals surface area contributed by atoms with E-state index in [0.717, 1.165) is 12.5 Å². The number of nitrogens with zero attached hydrogens (tertiary/aromatic N) is 4. The molecule has 19 heavy (non-hydrogen) atoms. The van der Waals surface area contributed by atoms with E-state index in [4.69, 9.17) is 15.2 Å². The summed E-state index contributed by atoms with van der Waals surface area (Å²) in [6.07, 6.45) is 2.61. The second-order valence-corrected chi connectivity index (χ2v) is 4.65. The van der Waals surface area contributed by atoms with Crippen molar-refractivity contribution in [1.29, 1.82) is 0 Å². The summed E-state index contributed by atoms with van der Waals surface area (Å²) in [4.78, 5) is 14.1. The van der Waals surface area contributed by atoms with Gasteiger partial charge in [-0.15, -0.1) is 0 Å². The van der Waals surface area contributed by atoms with Gasteiger partial charge in [-0.1, -0.05) is 0 Å². The lowest BCUT2D eigenvalue weighted by Crippen LogP contribution is -2.25. The number of aromatic nitrogens is 3. The third kappa shape index (κ3) is 4.51. The standard InChI is InChI=1S/C12H21N5O2/c1-3-19-12-15-10(13)14-11(16-12)17(2)6-7-18-8-9-4-5-9/h9H,3-8H2,1-2H3,(H2,13,14,15,16). The normalized spacial score (nSPS) is 14.4. The Morgan fingerprint density at radius 1 is 1.32 bits per heavy atom. The van der Waals surface area contributed by atoms with Crippen LogP contribution in [0.25, 0.3) is 0 Å². The quantitative estimate of drug-likeness (QED) is 0.694. The number of nitrogen functional groups attached to an aromatic ring is 1. The van der Waals surface area contributed by atoms with Crippen molar-refractivity contribution < 1.29 is 9.47 Å². The van der Waals surface area contributed by atoms with Crippen LogP contribution in [0.15, 0.2) is 0 Å². The third-order valence-electron chi connectivity index (χ3n) is 2.86. The van der Waals surface area contributed by atoms with Gasteiger partial charge in [0, 0.05) is 20.2 Å². The van der Waals surface area contributed by atoms with Gasteiger partial charge < -0.3 is 20.1 Å². The topological polar surface area (TPSA) is 86.4 Å². The highest BCUT2D eigenvalue weighted by Crippen LogP contribution is 2.28. The Bertz CT molecular complexity index is 411. The Morgan fingerprint density at radius 3 is 2.79 bits per heavy atom. The number of anilines is 2. The Hall–Kier alpha value is -1.63. The summed E-state index contributed by atoms with van der Waals surface area (Å²) in [6.45, 7) is 4.59. The monoisotopic (exact) mass is 267 g/mol. The van der Waals surface area contributed by atoms with Crippen molar-refractivity contribution in [1.82, 2.24) is 15.0 Å². The molecule has 1 aliphatic rings. The SMILES string of the molecule is CCOc1nc(N)nc(N(C)CCOCC2CC2)n1. The first-order valence-corrected chi connectivity index (χ1v) is 6.62. The fraction of sp³-hybridized carbons (Fsp3) is 0.750. The molecule has 1 saturated carbocycles. The molecule has 0 bridgehead atoms. The maximum absolute atomic E-state index is 5.63. The zero-order valence-corrected chi connectivity index (χ0v) is 11.5. The largest absolute Gasteiger partial charge is 0.464 e. The maximum atomic E-state index is 5.63. The highest BCUT2D eigenvalue weighted by atomic mass is 16.5. The van der Waals surface area contributed by atoms with E-state index in [0.29, 0.717) is 25.7 Å². The van der Waals surface area contributed by atoms with Gasteiger partial charge in [-0.25, -0.2) is 0 Å². The van der Waals surface area contributed by atoms with E-state index in [2.05, 4.69) is 15.0 Å². The Morgan fingerprint density at radius 2 is 2.11 bits per heavy atom. The molecule has 1 aromatic rings. The van der Waals surface area contributed by atoms with E-state index < -0.39 is 0 Å². The Labute approximate surface area is 113 Å². The van der Waals surface area contributed by atoms with Gasteiger partial charge in [-0.05, 0) is 25.7 Å². The van der Waals surface area contributed by atoms with Gasteiger partial charge in [0.1, 0.15) is 0 Å². The van der Waals surface area contributed by atoms with Gasteiger partial charge in [0.2, 0.25) is 11.9 Å². The average Bonchev–Trinajstić information content (AvgIpc) is 3.18. The number of ether oxygens (including phenoxy) is 2. The molecule has 0 spiro atoms. The molecular weight excluding hydrogens is 246 g/mol. The average molecular weight is 267 g/mol. The highest BCUT2D eigenvalue weighted by molar-refractivity contribution is 5.34. The molecule has 0 radical (unpaired) electrons. The van der Waals surface area contributed by atoms with Crippen LogP contribution in [0, 0.1) is 5.92 Å². The molecule has 0 atom stereocenters. The predicted molar refractivity (Wildman–Crippen MR) is 72.2 cm³/mol. The zero-order valence-electron chi connectivity index (χ0n) is 11.5. The fourth-order valence-corrected chi connectivity index (χ4v) is 1.56. The number of likely N-dealkylation sites (N-methyl/N-ethyl adjacent to an activating group) is 1. The van der Waals surface area contributed by atoms with E-state index in [-0.39, 0.29) is 12.0 Å². The first-order chi connectivity index (χ1) is 9.19. The summed E-state index contributed by atoms with van der Waals surface area (Å²) in [7, 11) is 1.89. The van der Waals surface area contributed by atoms with Crippen LogP contribution in [0.3, 0.4) is 0 Å². The van der Waals surface area contributed by atoms with Crippen LogP contribution in [0.1, 0.15) is 19.8 Å². The molecule has 2 rings (SSSR count). The van der Waals surface area contributed by atoms with Gasteiger partial charge in [-0.3, -0.25) is 0 Å². The molecule has 7 nitrogen and oxygen atoms in total. The van der Waals surface area contributed by atoms with Crippen LogP contribution in [0.2, 0.25) is 0 Å². The summed E-state index contributed by atoms with van der Waals surface area (Å²) < 4.78 is 10.8. The van der Waals surface area contributed by atoms with Crippen molar-refractivity contribution in [2.24, 2.45) is 5.92 Å². The van der Waals surface area contributed by atoms with Crippen molar-refractivity contribution in [2.75, 3.05) is 44.0 Å². The van der Waals surface area contributed by atoms with Gasteiger partial charge in [-0.2, -0.15) is 15.0 Å². The van der Waals surface area contributed by atoms with Crippen LogP contribution in [-0.4, -0.2) is 48.4 Å². The van der Waals surface area contributed by atoms with E-state index in [9.17, 15) is 0 Å². The molecule has 0 aliphatic heterocycles. The van der Waals surface area contributed by atoms with Crippen molar-refractivity contribution in [3.8, 4) is 6.01 Å². The molecule has 1 fully saturated rings. The number of hydrogen-bond donors (Lipinski definition) is 1. The Balaban J connectivity index is 1.83. The van der Waals surface area contributed by atoms with Gasteiger partial charge in [0.05, 0.1) is 13.2 Å². The van der Waals surface area contributed by atoms with Crippen LogP contribution >= 0.6 is 0 Å². The highest BCUT2D eigenvalue weighted by Gasteiger charge is 2.21. The lowest BCUT2D eigenvalue weighted by molar-refractivity contribution is 0.130. The first kappa shape index (κ1) is 13.8. The lowest BCUT2D eigenvalue weighted by Gasteiger charge is -2.17. The van der Waals surface area contributed by atoms with Crippen molar-refractivity contribution in [3.05, 3.63) is 0 Å². The molecule has 1 aromatic heterocycles. The van der Waals surface area contributed by atoms with Crippen LogP contribution in [0.5, 0.6) is 6.01 Å². The minimum Gasteiger partial charge on any atom is -0.464 e. The molecule has 1 aliphatic carbocycles. The van der Waals surface area contributed by atoms with Crippen LogP contribution in [-0.2, 0) is 4.74 Å². The zero-order chi connectivity index (χ0) is 13.7. The van der Waals surface area contributed by atoms with Gasteiger partial charge in [0.15, 0.2) is 0 Å². The van der Waals surface area contributed by atoms with E-state index >= 15 is 0 Å². The van der Waals surface area contributed by atoms with Gasteiger partial charge >= 0.3 is 6.01 Å². The summed E-state index contributed by atoms with van der Waals surface area (Å²) in [6, 6.07) is 0.260. The number of hydrogen-bond acceptors (Lipinski definition) is 7. The van der Waals surface area contributed by atoms with E-state index in [1.165, 1.54) is 12.8 Å². The predicted octanol–water partition coefficient (Wildman–Crippen LogP) is 0.715. The maximum Gasteiger partial charge on any atom is 0.323 e. The molecule has 0 amide bonds. The van der Waals surface area contributed by atoms with Crippen LogP contribution < -0.4 is 15.4 Å². The number of nitrogens with two attached hydrogens (primary N) is 1. The molecule has 2 N–H and O–H groups in total. The third-order valence-corrected chi connectivity index (χ3v) is 2.86. The van der Waals surface area contributed by atoms with E-state index in [1.54, 1.807) is 0 Å². The minimum absolute atomic E-state index is 0.166. The second kappa shape index (κ2) is 6.51. The molecule has 7 heteroatoms. The lowest BCUT2D eigenvalue weighted by atomic mass is 10.5. The minimum atomic E-state index is 0.166. The molecule has 0 aromatic carbocycles. The van der Waals surface area contributed by atoms with Gasteiger partial charge in [0.25, 0.3) is 0 Å². The number of rotatable bonds is 8. The van der Waals surface area contributed by atoms with E-state index in [1.807, 2.05) is 18.9 Å². The van der Waals surface area contributed by atoms with Crippen molar-refractivity contribution >= 4 is 11.9 Å². The van der Waals surface area contributed by atoms with Crippen LogP contribution in [0.4, 0.5) is 11.9 Å². The molecule has 106 valence electrons. The fourth-order valence-electron chi connectivity index (χ4n) is 1.56. The second-order valence-electron chi connectivity index (χ2n) is 4.65. The molecular formula is C12H21N5O2. The summed E-state index contributed by atoms with van der Waals surface area (Å²) in [5.74, 6) is 1.45. The van der Waals surface area contributed by atoms with Crippen molar-refractivity contribution in [2.45, 2.75) is 19.8 Å². The summed E-state index contributed by atoms with van der Waals surface area (Å²) >= 11 is 0. The summed E-state index contributed by atoms with van der Waals surface area (Å²) in [5, 5.41) is 0. The first-order valence-electron chi connectivity index (χ1n) is 6.62. The summed E-state index contributed by atoms with van der Waals surface area (Å²) in [5.41, 5.74) is 5.63. The molecule has 0 saturated heterocycles. The molecule has 0 unspecified atom stereocenters. The van der Waals surface area contributed by atoms with Crippen molar-refractivity contribution in [3.63, 3.8) is 0 Å². The molecule has 1 heterocycles.